The molecule has 1 aliphatic rings. The molecule has 16 heavy (non-hydrogen) atoms. The lowest BCUT2D eigenvalue weighted by molar-refractivity contribution is 0.0891. The monoisotopic (exact) mass is 223 g/mol. The Balaban J connectivity index is 2.14. The maximum absolute atomic E-state index is 13.1. The molecule has 1 aliphatic carbocycles. The summed E-state index contributed by atoms with van der Waals surface area (Å²) in [5.41, 5.74) is 6.25. The van der Waals surface area contributed by atoms with Gasteiger partial charge in [-0.2, -0.15) is 0 Å². The SMILES string of the molecule is Cn1cnc2cc(C3(N)CC3(F)F)ccc21. The lowest BCUT2D eigenvalue weighted by Crippen LogP contribution is -2.27. The fraction of sp³-hybridized carbons (Fsp3) is 0.364. The smallest absolute Gasteiger partial charge is 0.272 e. The van der Waals surface area contributed by atoms with Crippen LogP contribution >= 0.6 is 0 Å². The second-order valence-electron chi connectivity index (χ2n) is 4.41. The average molecular weight is 223 g/mol. The molecule has 5 heteroatoms. The highest BCUT2D eigenvalue weighted by atomic mass is 19.3. The van der Waals surface area contributed by atoms with E-state index in [0.717, 1.165) is 5.52 Å². The van der Waals surface area contributed by atoms with Gasteiger partial charge in [-0.05, 0) is 17.7 Å². The van der Waals surface area contributed by atoms with Crippen molar-refractivity contribution in [3.05, 3.63) is 30.1 Å². The zero-order valence-corrected chi connectivity index (χ0v) is 8.74. The van der Waals surface area contributed by atoms with Crippen molar-refractivity contribution in [3.8, 4) is 0 Å². The topological polar surface area (TPSA) is 43.8 Å². The summed E-state index contributed by atoms with van der Waals surface area (Å²) in [5.74, 6) is -2.78. The minimum atomic E-state index is -2.78. The van der Waals surface area contributed by atoms with Gasteiger partial charge in [0.25, 0.3) is 5.92 Å². The fourth-order valence-corrected chi connectivity index (χ4v) is 2.03. The van der Waals surface area contributed by atoms with E-state index in [4.69, 9.17) is 5.73 Å². The van der Waals surface area contributed by atoms with Crippen molar-refractivity contribution in [1.29, 1.82) is 0 Å². The number of hydrogen-bond donors (Lipinski definition) is 1. The van der Waals surface area contributed by atoms with Crippen LogP contribution in [0.4, 0.5) is 8.78 Å². The molecule has 2 aromatic rings. The lowest BCUT2D eigenvalue weighted by atomic mass is 10.0. The Kier molecular flexibility index (Phi) is 1.58. The molecule has 0 spiro atoms. The quantitative estimate of drug-likeness (QED) is 0.800. The number of fused-ring (bicyclic) bond motifs is 1. The summed E-state index contributed by atoms with van der Waals surface area (Å²) in [6.45, 7) is 0. The van der Waals surface area contributed by atoms with E-state index >= 15 is 0 Å². The molecule has 1 saturated carbocycles. The molecule has 0 radical (unpaired) electrons. The molecule has 1 aromatic heterocycles. The summed E-state index contributed by atoms with van der Waals surface area (Å²) in [7, 11) is 1.86. The van der Waals surface area contributed by atoms with Crippen LogP contribution < -0.4 is 5.73 Å². The Labute approximate surface area is 90.9 Å². The first-order valence-corrected chi connectivity index (χ1v) is 5.02. The molecule has 1 heterocycles. The average Bonchev–Trinajstić information content (AvgIpc) is 2.57. The van der Waals surface area contributed by atoms with Crippen LogP contribution in [0.2, 0.25) is 0 Å². The van der Waals surface area contributed by atoms with Gasteiger partial charge in [0.1, 0.15) is 5.54 Å². The standard InChI is InChI=1S/C11H11F2N3/c1-16-6-15-8-4-7(2-3-9(8)16)10(14)5-11(10,12)13/h2-4,6H,5,14H2,1H3. The summed E-state index contributed by atoms with van der Waals surface area (Å²) in [4.78, 5) is 4.13. The Morgan fingerprint density at radius 3 is 2.75 bits per heavy atom. The highest BCUT2D eigenvalue weighted by molar-refractivity contribution is 5.76. The minimum absolute atomic E-state index is 0.279. The lowest BCUT2D eigenvalue weighted by Gasteiger charge is -2.10. The first kappa shape index (κ1) is 9.72. The Hall–Kier alpha value is -1.49. The fourth-order valence-electron chi connectivity index (χ4n) is 2.03. The van der Waals surface area contributed by atoms with Crippen LogP contribution in [-0.4, -0.2) is 15.5 Å². The van der Waals surface area contributed by atoms with Gasteiger partial charge in [-0.15, -0.1) is 0 Å². The third kappa shape index (κ3) is 1.06. The summed E-state index contributed by atoms with van der Waals surface area (Å²) >= 11 is 0. The van der Waals surface area contributed by atoms with Gasteiger partial charge in [-0.3, -0.25) is 0 Å². The first-order chi connectivity index (χ1) is 7.44. The number of aryl methyl sites for hydroxylation is 1. The van der Waals surface area contributed by atoms with Gasteiger partial charge >= 0.3 is 0 Å². The van der Waals surface area contributed by atoms with Gasteiger partial charge in [0.2, 0.25) is 0 Å². The highest BCUT2D eigenvalue weighted by Crippen LogP contribution is 2.57. The Morgan fingerprint density at radius 1 is 1.44 bits per heavy atom. The summed E-state index contributed by atoms with van der Waals surface area (Å²) < 4.78 is 28.1. The molecule has 1 aromatic carbocycles. The molecular weight excluding hydrogens is 212 g/mol. The summed E-state index contributed by atoms with van der Waals surface area (Å²) in [5, 5.41) is 0. The van der Waals surface area contributed by atoms with E-state index in [1.54, 1.807) is 24.5 Å². The van der Waals surface area contributed by atoms with Crippen LogP contribution in [0.1, 0.15) is 12.0 Å². The van der Waals surface area contributed by atoms with Gasteiger partial charge < -0.3 is 10.3 Å². The molecule has 2 N–H and O–H groups in total. The van der Waals surface area contributed by atoms with Gasteiger partial charge in [-0.25, -0.2) is 13.8 Å². The predicted molar refractivity (Wildman–Crippen MR) is 56.1 cm³/mol. The van der Waals surface area contributed by atoms with Gasteiger partial charge in [0, 0.05) is 13.5 Å². The van der Waals surface area contributed by atoms with E-state index in [2.05, 4.69) is 4.98 Å². The van der Waals surface area contributed by atoms with Crippen molar-refractivity contribution in [2.75, 3.05) is 0 Å². The summed E-state index contributed by atoms with van der Waals surface area (Å²) in [6, 6.07) is 5.09. The third-order valence-corrected chi connectivity index (χ3v) is 3.27. The second-order valence-corrected chi connectivity index (χ2v) is 4.41. The molecule has 0 bridgehead atoms. The van der Waals surface area contributed by atoms with E-state index in [1.807, 2.05) is 11.6 Å². The van der Waals surface area contributed by atoms with Crippen molar-refractivity contribution in [1.82, 2.24) is 9.55 Å². The number of rotatable bonds is 1. The van der Waals surface area contributed by atoms with Crippen LogP contribution in [-0.2, 0) is 12.6 Å². The third-order valence-electron chi connectivity index (χ3n) is 3.27. The van der Waals surface area contributed by atoms with E-state index in [9.17, 15) is 8.78 Å². The van der Waals surface area contributed by atoms with Crippen LogP contribution in [0.25, 0.3) is 11.0 Å². The largest absolute Gasteiger partial charge is 0.334 e. The Morgan fingerprint density at radius 2 is 2.12 bits per heavy atom. The van der Waals surface area contributed by atoms with E-state index in [0.29, 0.717) is 11.1 Å². The molecule has 0 amide bonds. The molecule has 0 aliphatic heterocycles. The van der Waals surface area contributed by atoms with Crippen molar-refractivity contribution >= 4 is 11.0 Å². The Bertz CT molecular complexity index is 576. The number of hydrogen-bond acceptors (Lipinski definition) is 2. The molecular formula is C11H11F2N3. The maximum atomic E-state index is 13.1. The number of benzene rings is 1. The molecule has 3 rings (SSSR count). The van der Waals surface area contributed by atoms with Gasteiger partial charge in [0.15, 0.2) is 0 Å². The molecule has 1 atom stereocenters. The number of alkyl halides is 2. The van der Waals surface area contributed by atoms with Crippen molar-refractivity contribution < 1.29 is 8.78 Å². The van der Waals surface area contributed by atoms with Crippen LogP contribution in [0.5, 0.6) is 0 Å². The van der Waals surface area contributed by atoms with Gasteiger partial charge in [0.05, 0.1) is 17.4 Å². The normalized spacial score (nSPS) is 27.2. The second kappa shape index (κ2) is 2.60. The zero-order chi connectivity index (χ0) is 11.6. The van der Waals surface area contributed by atoms with Gasteiger partial charge in [-0.1, -0.05) is 6.07 Å². The number of nitrogens with two attached hydrogens (primary N) is 1. The van der Waals surface area contributed by atoms with E-state index in [1.165, 1.54) is 0 Å². The van der Waals surface area contributed by atoms with Crippen molar-refractivity contribution in [3.63, 3.8) is 0 Å². The van der Waals surface area contributed by atoms with Crippen LogP contribution in [0.3, 0.4) is 0 Å². The number of imidazole rings is 1. The first-order valence-electron chi connectivity index (χ1n) is 5.02. The zero-order valence-electron chi connectivity index (χ0n) is 8.74. The van der Waals surface area contributed by atoms with E-state index in [-0.39, 0.29) is 6.42 Å². The number of nitrogens with zero attached hydrogens (tertiary/aromatic N) is 2. The number of aromatic nitrogens is 2. The molecule has 84 valence electrons. The van der Waals surface area contributed by atoms with E-state index < -0.39 is 11.5 Å². The molecule has 1 unspecified atom stereocenters. The minimum Gasteiger partial charge on any atom is -0.334 e. The maximum Gasteiger partial charge on any atom is 0.272 e. The molecule has 1 fully saturated rings. The van der Waals surface area contributed by atoms with Crippen molar-refractivity contribution in [2.45, 2.75) is 17.9 Å². The number of halogens is 2. The van der Waals surface area contributed by atoms with Crippen LogP contribution in [0, 0.1) is 0 Å². The predicted octanol–water partition coefficient (Wildman–Crippen LogP) is 1.77. The molecule has 0 saturated heterocycles. The highest BCUT2D eigenvalue weighted by Gasteiger charge is 2.69. The van der Waals surface area contributed by atoms with Crippen molar-refractivity contribution in [2.24, 2.45) is 12.8 Å². The summed E-state index contributed by atoms with van der Waals surface area (Å²) in [6.07, 6.45) is 1.38. The van der Waals surface area contributed by atoms with Crippen LogP contribution in [0.15, 0.2) is 24.5 Å². The molecule has 3 nitrogen and oxygen atoms in total.